The van der Waals surface area contributed by atoms with Crippen molar-refractivity contribution >= 4 is 17.7 Å². The van der Waals surface area contributed by atoms with Crippen LogP contribution in [0.4, 0.5) is 4.39 Å². The number of guanidine groups is 1. The predicted molar refractivity (Wildman–Crippen MR) is 95.5 cm³/mol. The van der Waals surface area contributed by atoms with Crippen molar-refractivity contribution < 1.29 is 9.13 Å². The Hall–Kier alpha value is -1.27. The zero-order valence-corrected chi connectivity index (χ0v) is 14.7. The van der Waals surface area contributed by atoms with Crippen LogP contribution < -0.4 is 10.6 Å². The predicted octanol–water partition coefficient (Wildman–Crippen LogP) is 2.79. The average molecular weight is 339 g/mol. The van der Waals surface area contributed by atoms with Crippen LogP contribution >= 0.6 is 11.8 Å². The second kappa shape index (κ2) is 9.13. The molecule has 23 heavy (non-hydrogen) atoms. The molecule has 0 bridgehead atoms. The second-order valence-corrected chi connectivity index (χ2v) is 6.91. The highest BCUT2D eigenvalue weighted by Gasteiger charge is 2.31. The molecule has 0 radical (unpaired) electrons. The van der Waals surface area contributed by atoms with Gasteiger partial charge in [0.15, 0.2) is 5.96 Å². The summed E-state index contributed by atoms with van der Waals surface area (Å²) in [6.45, 7) is 5.59. The van der Waals surface area contributed by atoms with Crippen molar-refractivity contribution in [3.8, 4) is 0 Å². The van der Waals surface area contributed by atoms with E-state index in [0.29, 0.717) is 12.1 Å². The van der Waals surface area contributed by atoms with Crippen molar-refractivity contribution in [1.29, 1.82) is 0 Å². The minimum Gasteiger partial charge on any atom is -0.381 e. The standard InChI is InChI=1S/C17H26FN3OS/c1-3-19-16(20-12-14-6-4-5-7-15(14)18)21-13-17(23-2)8-10-22-11-9-17/h4-7H,3,8-13H2,1-2H3,(H2,19,20,21). The van der Waals surface area contributed by atoms with E-state index in [9.17, 15) is 4.39 Å². The number of aliphatic imine (C=N–C) groups is 1. The molecule has 0 saturated carbocycles. The van der Waals surface area contributed by atoms with Gasteiger partial charge in [-0.1, -0.05) is 18.2 Å². The molecule has 4 nitrogen and oxygen atoms in total. The maximum atomic E-state index is 13.7. The van der Waals surface area contributed by atoms with Crippen LogP contribution in [0.5, 0.6) is 0 Å². The fraction of sp³-hybridized carbons (Fsp3) is 0.588. The molecule has 1 aromatic carbocycles. The van der Waals surface area contributed by atoms with Crippen molar-refractivity contribution in [2.45, 2.75) is 31.1 Å². The Morgan fingerprint density at radius 2 is 2.04 bits per heavy atom. The number of benzene rings is 1. The number of hydrogen-bond donors (Lipinski definition) is 2. The SMILES string of the molecule is CCNC(=NCc1ccccc1F)NCC1(SC)CCOCC1. The monoisotopic (exact) mass is 339 g/mol. The fourth-order valence-corrected chi connectivity index (χ4v) is 3.37. The van der Waals surface area contributed by atoms with E-state index in [-0.39, 0.29) is 10.6 Å². The molecule has 2 rings (SSSR count). The lowest BCUT2D eigenvalue weighted by Gasteiger charge is -2.36. The minimum atomic E-state index is -0.211. The van der Waals surface area contributed by atoms with Crippen LogP contribution in [0.25, 0.3) is 0 Å². The van der Waals surface area contributed by atoms with Gasteiger partial charge in [0.05, 0.1) is 6.54 Å². The van der Waals surface area contributed by atoms with Gasteiger partial charge in [0.2, 0.25) is 0 Å². The van der Waals surface area contributed by atoms with Crippen molar-refractivity contribution in [3.05, 3.63) is 35.6 Å². The Kier molecular flexibility index (Phi) is 7.17. The van der Waals surface area contributed by atoms with E-state index in [2.05, 4.69) is 21.9 Å². The summed E-state index contributed by atoms with van der Waals surface area (Å²) in [5.74, 6) is 0.521. The molecule has 1 aliphatic rings. The highest BCUT2D eigenvalue weighted by Crippen LogP contribution is 2.32. The van der Waals surface area contributed by atoms with E-state index in [1.807, 2.05) is 24.8 Å². The van der Waals surface area contributed by atoms with Crippen LogP contribution in [-0.4, -0.2) is 43.3 Å². The zero-order valence-electron chi connectivity index (χ0n) is 13.9. The number of thioether (sulfide) groups is 1. The summed E-state index contributed by atoms with van der Waals surface area (Å²) in [5, 5.41) is 6.64. The smallest absolute Gasteiger partial charge is 0.191 e. The largest absolute Gasteiger partial charge is 0.381 e. The van der Waals surface area contributed by atoms with Crippen molar-refractivity contribution in [2.75, 3.05) is 32.6 Å². The first-order valence-electron chi connectivity index (χ1n) is 8.07. The Bertz CT molecular complexity index is 518. The first-order valence-corrected chi connectivity index (χ1v) is 9.30. The summed E-state index contributed by atoms with van der Waals surface area (Å²) in [4.78, 5) is 4.51. The summed E-state index contributed by atoms with van der Waals surface area (Å²) >= 11 is 1.88. The molecule has 0 spiro atoms. The van der Waals surface area contributed by atoms with Gasteiger partial charge in [0, 0.05) is 36.6 Å². The van der Waals surface area contributed by atoms with Gasteiger partial charge in [0.25, 0.3) is 0 Å². The molecule has 0 aliphatic carbocycles. The van der Waals surface area contributed by atoms with Gasteiger partial charge in [0.1, 0.15) is 5.82 Å². The molecule has 1 heterocycles. The van der Waals surface area contributed by atoms with Crippen LogP contribution in [0.2, 0.25) is 0 Å². The molecule has 2 N–H and O–H groups in total. The van der Waals surface area contributed by atoms with E-state index in [0.717, 1.165) is 45.1 Å². The van der Waals surface area contributed by atoms with Gasteiger partial charge in [-0.05, 0) is 32.1 Å². The number of halogens is 1. The van der Waals surface area contributed by atoms with Crippen LogP contribution in [-0.2, 0) is 11.3 Å². The van der Waals surface area contributed by atoms with Crippen molar-refractivity contribution in [1.82, 2.24) is 10.6 Å². The molecular weight excluding hydrogens is 313 g/mol. The maximum absolute atomic E-state index is 13.7. The first kappa shape index (κ1) is 18.1. The molecule has 1 aromatic rings. The van der Waals surface area contributed by atoms with Crippen LogP contribution in [0.15, 0.2) is 29.3 Å². The number of nitrogens with zero attached hydrogens (tertiary/aromatic N) is 1. The lowest BCUT2D eigenvalue weighted by Crippen LogP contribution is -2.47. The molecule has 0 atom stereocenters. The number of hydrogen-bond acceptors (Lipinski definition) is 3. The summed E-state index contributed by atoms with van der Waals surface area (Å²) in [7, 11) is 0. The number of rotatable bonds is 6. The molecule has 6 heteroatoms. The highest BCUT2D eigenvalue weighted by molar-refractivity contribution is 8.00. The summed E-state index contributed by atoms with van der Waals surface area (Å²) in [5.41, 5.74) is 0.607. The van der Waals surface area contributed by atoms with E-state index < -0.39 is 0 Å². The van der Waals surface area contributed by atoms with E-state index in [4.69, 9.17) is 4.74 Å². The topological polar surface area (TPSA) is 45.7 Å². The third-order valence-corrected chi connectivity index (χ3v) is 5.54. The molecule has 1 saturated heterocycles. The molecule has 128 valence electrons. The molecule has 1 fully saturated rings. The van der Waals surface area contributed by atoms with Crippen molar-refractivity contribution in [2.24, 2.45) is 4.99 Å². The van der Waals surface area contributed by atoms with E-state index >= 15 is 0 Å². The molecule has 0 amide bonds. The molecular formula is C17H26FN3OS. The van der Waals surface area contributed by atoms with Crippen LogP contribution in [0.3, 0.4) is 0 Å². The van der Waals surface area contributed by atoms with Crippen molar-refractivity contribution in [3.63, 3.8) is 0 Å². The minimum absolute atomic E-state index is 0.187. The van der Waals surface area contributed by atoms with Gasteiger partial charge in [-0.25, -0.2) is 9.38 Å². The van der Waals surface area contributed by atoms with Gasteiger partial charge >= 0.3 is 0 Å². The first-order chi connectivity index (χ1) is 11.2. The summed E-state index contributed by atoms with van der Waals surface area (Å²) in [6, 6.07) is 6.76. The number of ether oxygens (including phenoxy) is 1. The molecule has 0 aromatic heterocycles. The Balaban J connectivity index is 1.97. The normalized spacial score (nSPS) is 17.8. The average Bonchev–Trinajstić information content (AvgIpc) is 2.59. The third kappa shape index (κ3) is 5.39. The van der Waals surface area contributed by atoms with E-state index in [1.165, 1.54) is 6.07 Å². The Morgan fingerprint density at radius 1 is 1.30 bits per heavy atom. The van der Waals surface area contributed by atoms with Gasteiger partial charge in [-0.2, -0.15) is 11.8 Å². The maximum Gasteiger partial charge on any atom is 0.191 e. The number of nitrogens with one attached hydrogen (secondary N) is 2. The van der Waals surface area contributed by atoms with E-state index in [1.54, 1.807) is 12.1 Å². The second-order valence-electron chi connectivity index (χ2n) is 5.64. The zero-order chi connectivity index (χ0) is 16.5. The van der Waals surface area contributed by atoms with Gasteiger partial charge < -0.3 is 15.4 Å². The third-order valence-electron chi connectivity index (χ3n) is 4.12. The molecule has 0 unspecified atom stereocenters. The summed E-state index contributed by atoms with van der Waals surface area (Å²) < 4.78 is 19.3. The van der Waals surface area contributed by atoms with Crippen LogP contribution in [0, 0.1) is 5.82 Å². The van der Waals surface area contributed by atoms with Gasteiger partial charge in [-0.3, -0.25) is 0 Å². The lowest BCUT2D eigenvalue weighted by atomic mass is 9.99. The Morgan fingerprint density at radius 3 is 2.70 bits per heavy atom. The molecule has 1 aliphatic heterocycles. The summed E-state index contributed by atoms with van der Waals surface area (Å²) in [6.07, 6.45) is 4.22. The van der Waals surface area contributed by atoms with Crippen LogP contribution in [0.1, 0.15) is 25.3 Å². The highest BCUT2D eigenvalue weighted by atomic mass is 32.2. The lowest BCUT2D eigenvalue weighted by molar-refractivity contribution is 0.0783. The quantitative estimate of drug-likeness (QED) is 0.618. The fourth-order valence-electron chi connectivity index (χ4n) is 2.57. The Labute approximate surface area is 142 Å². The van der Waals surface area contributed by atoms with Gasteiger partial charge in [-0.15, -0.1) is 0 Å².